The SMILES string of the molecule is Cc1cc(C)n(CCCN(C)CC2(O)CNCCOC2)n1. The van der Waals surface area contributed by atoms with E-state index in [1.165, 1.54) is 5.69 Å². The molecule has 0 aromatic carbocycles. The molecule has 0 bridgehead atoms. The molecule has 2 heterocycles. The molecule has 1 aliphatic rings. The second-order valence-corrected chi connectivity index (χ2v) is 6.20. The highest BCUT2D eigenvalue weighted by Gasteiger charge is 2.30. The number of aryl methyl sites for hydroxylation is 3. The number of ether oxygens (including phenoxy) is 1. The van der Waals surface area contributed by atoms with E-state index < -0.39 is 5.60 Å². The van der Waals surface area contributed by atoms with Gasteiger partial charge in [-0.05, 0) is 39.9 Å². The van der Waals surface area contributed by atoms with Gasteiger partial charge in [-0.3, -0.25) is 4.68 Å². The van der Waals surface area contributed by atoms with E-state index in [0.717, 1.165) is 31.7 Å². The first-order valence-corrected chi connectivity index (χ1v) is 7.69. The number of rotatable bonds is 6. The second-order valence-electron chi connectivity index (χ2n) is 6.20. The minimum atomic E-state index is -0.788. The minimum absolute atomic E-state index is 0.405. The highest BCUT2D eigenvalue weighted by Crippen LogP contribution is 2.10. The summed E-state index contributed by atoms with van der Waals surface area (Å²) in [5, 5.41) is 18.2. The molecule has 120 valence electrons. The highest BCUT2D eigenvalue weighted by molar-refractivity contribution is 5.06. The van der Waals surface area contributed by atoms with E-state index in [9.17, 15) is 5.11 Å². The maximum absolute atomic E-state index is 10.5. The van der Waals surface area contributed by atoms with Crippen LogP contribution in [-0.2, 0) is 11.3 Å². The minimum Gasteiger partial charge on any atom is -0.385 e. The average molecular weight is 296 g/mol. The molecule has 0 amide bonds. The van der Waals surface area contributed by atoms with Gasteiger partial charge in [0.1, 0.15) is 5.60 Å². The Morgan fingerprint density at radius 1 is 1.52 bits per heavy atom. The van der Waals surface area contributed by atoms with Crippen molar-refractivity contribution >= 4 is 0 Å². The van der Waals surface area contributed by atoms with Crippen molar-refractivity contribution in [2.24, 2.45) is 0 Å². The van der Waals surface area contributed by atoms with Gasteiger partial charge in [0.05, 0.1) is 18.9 Å². The number of β-amino-alcohol motifs (C(OH)–C–C–N with tert-alkyl or cyclic N) is 1. The third-order valence-electron chi connectivity index (χ3n) is 3.83. The van der Waals surface area contributed by atoms with E-state index in [-0.39, 0.29) is 0 Å². The summed E-state index contributed by atoms with van der Waals surface area (Å²) < 4.78 is 7.50. The standard InChI is InChI=1S/C15H28N4O2/c1-13-9-14(2)19(17-13)7-4-6-18(3)11-15(20)10-16-5-8-21-12-15/h9,16,20H,4-8,10-12H2,1-3H3. The maximum Gasteiger partial charge on any atom is 0.113 e. The quantitative estimate of drug-likeness (QED) is 0.784. The number of nitrogens with zero attached hydrogens (tertiary/aromatic N) is 3. The Kier molecular flexibility index (Phi) is 5.75. The van der Waals surface area contributed by atoms with Crippen LogP contribution < -0.4 is 5.32 Å². The van der Waals surface area contributed by atoms with Gasteiger partial charge in [0.25, 0.3) is 0 Å². The van der Waals surface area contributed by atoms with Crippen LogP contribution in [0.2, 0.25) is 0 Å². The summed E-state index contributed by atoms with van der Waals surface area (Å²) in [6.07, 6.45) is 1.02. The largest absolute Gasteiger partial charge is 0.385 e. The van der Waals surface area contributed by atoms with Crippen molar-refractivity contribution < 1.29 is 9.84 Å². The maximum atomic E-state index is 10.5. The van der Waals surface area contributed by atoms with Crippen LogP contribution in [-0.4, -0.2) is 71.8 Å². The fourth-order valence-corrected chi connectivity index (χ4v) is 2.85. The predicted octanol–water partition coefficient (Wildman–Crippen LogP) is 0.173. The Balaban J connectivity index is 1.74. The van der Waals surface area contributed by atoms with Gasteiger partial charge >= 0.3 is 0 Å². The van der Waals surface area contributed by atoms with Crippen LogP contribution in [0.1, 0.15) is 17.8 Å². The molecule has 1 aliphatic heterocycles. The van der Waals surface area contributed by atoms with Crippen molar-refractivity contribution in [2.75, 3.05) is 46.4 Å². The Labute approximate surface area is 127 Å². The third-order valence-corrected chi connectivity index (χ3v) is 3.83. The first kappa shape index (κ1) is 16.4. The van der Waals surface area contributed by atoms with Crippen molar-refractivity contribution in [3.63, 3.8) is 0 Å². The van der Waals surface area contributed by atoms with Gasteiger partial charge in [-0.2, -0.15) is 5.10 Å². The summed E-state index contributed by atoms with van der Waals surface area (Å²) in [6.45, 7) is 9.05. The molecule has 21 heavy (non-hydrogen) atoms. The summed E-state index contributed by atoms with van der Waals surface area (Å²) in [5.74, 6) is 0. The monoisotopic (exact) mass is 296 g/mol. The number of aliphatic hydroxyl groups is 1. The first-order chi connectivity index (χ1) is 9.98. The van der Waals surface area contributed by atoms with Crippen LogP contribution in [0.4, 0.5) is 0 Å². The molecule has 1 aromatic rings. The van der Waals surface area contributed by atoms with E-state index in [2.05, 4.69) is 28.3 Å². The Morgan fingerprint density at radius 2 is 2.33 bits per heavy atom. The number of hydrogen-bond acceptors (Lipinski definition) is 5. The summed E-state index contributed by atoms with van der Waals surface area (Å²) >= 11 is 0. The summed E-state index contributed by atoms with van der Waals surface area (Å²) in [4.78, 5) is 2.17. The lowest BCUT2D eigenvalue weighted by Gasteiger charge is -2.30. The van der Waals surface area contributed by atoms with Crippen molar-refractivity contribution in [1.29, 1.82) is 0 Å². The zero-order chi connectivity index (χ0) is 15.3. The molecule has 2 rings (SSSR count). The number of nitrogens with one attached hydrogen (secondary N) is 1. The summed E-state index contributed by atoms with van der Waals surface area (Å²) in [5.41, 5.74) is 1.48. The van der Waals surface area contributed by atoms with Crippen LogP contribution in [0.3, 0.4) is 0 Å². The van der Waals surface area contributed by atoms with Gasteiger partial charge in [0, 0.05) is 31.9 Å². The fourth-order valence-electron chi connectivity index (χ4n) is 2.85. The molecule has 0 spiro atoms. The zero-order valence-corrected chi connectivity index (χ0v) is 13.4. The Hall–Kier alpha value is -0.950. The Morgan fingerprint density at radius 3 is 3.05 bits per heavy atom. The topological polar surface area (TPSA) is 62.5 Å². The van der Waals surface area contributed by atoms with E-state index in [1.54, 1.807) is 0 Å². The lowest BCUT2D eigenvalue weighted by molar-refractivity contribution is -0.0452. The van der Waals surface area contributed by atoms with E-state index in [0.29, 0.717) is 26.3 Å². The van der Waals surface area contributed by atoms with E-state index >= 15 is 0 Å². The van der Waals surface area contributed by atoms with Gasteiger partial charge in [-0.15, -0.1) is 0 Å². The molecule has 6 heteroatoms. The lowest BCUT2D eigenvalue weighted by atomic mass is 10.1. The summed E-state index contributed by atoms with van der Waals surface area (Å²) in [6, 6.07) is 2.10. The van der Waals surface area contributed by atoms with Crippen molar-refractivity contribution in [3.05, 3.63) is 17.5 Å². The smallest absolute Gasteiger partial charge is 0.113 e. The molecule has 0 radical (unpaired) electrons. The van der Waals surface area contributed by atoms with Gasteiger partial charge < -0.3 is 20.1 Å². The second kappa shape index (κ2) is 7.35. The van der Waals surface area contributed by atoms with Crippen LogP contribution >= 0.6 is 0 Å². The van der Waals surface area contributed by atoms with Crippen molar-refractivity contribution in [2.45, 2.75) is 32.4 Å². The van der Waals surface area contributed by atoms with Gasteiger partial charge in [-0.1, -0.05) is 0 Å². The molecular formula is C15H28N4O2. The molecule has 1 fully saturated rings. The van der Waals surface area contributed by atoms with Gasteiger partial charge in [-0.25, -0.2) is 0 Å². The average Bonchev–Trinajstić information content (AvgIpc) is 2.60. The summed E-state index contributed by atoms with van der Waals surface area (Å²) in [7, 11) is 2.05. The van der Waals surface area contributed by atoms with Gasteiger partial charge in [0.2, 0.25) is 0 Å². The molecule has 1 atom stereocenters. The predicted molar refractivity (Wildman–Crippen MR) is 82.5 cm³/mol. The molecule has 0 aliphatic carbocycles. The molecular weight excluding hydrogens is 268 g/mol. The number of likely N-dealkylation sites (N-methyl/N-ethyl adjacent to an activating group) is 1. The van der Waals surface area contributed by atoms with Gasteiger partial charge in [0.15, 0.2) is 0 Å². The number of aromatic nitrogens is 2. The molecule has 1 saturated heterocycles. The molecule has 2 N–H and O–H groups in total. The van der Waals surface area contributed by atoms with Crippen LogP contribution in [0.5, 0.6) is 0 Å². The highest BCUT2D eigenvalue weighted by atomic mass is 16.5. The van der Waals surface area contributed by atoms with E-state index in [1.807, 2.05) is 18.7 Å². The van der Waals surface area contributed by atoms with Crippen molar-refractivity contribution in [3.8, 4) is 0 Å². The number of hydrogen-bond donors (Lipinski definition) is 2. The Bertz CT molecular complexity index is 439. The van der Waals surface area contributed by atoms with Crippen molar-refractivity contribution in [1.82, 2.24) is 20.0 Å². The zero-order valence-electron chi connectivity index (χ0n) is 13.4. The molecule has 1 unspecified atom stereocenters. The molecule has 0 saturated carbocycles. The molecule has 6 nitrogen and oxygen atoms in total. The third kappa shape index (κ3) is 5.07. The van der Waals surface area contributed by atoms with Crippen LogP contribution in [0.25, 0.3) is 0 Å². The van der Waals surface area contributed by atoms with Crippen LogP contribution in [0.15, 0.2) is 6.07 Å². The fraction of sp³-hybridized carbons (Fsp3) is 0.800. The molecule has 1 aromatic heterocycles. The lowest BCUT2D eigenvalue weighted by Crippen LogP contribution is -2.50. The van der Waals surface area contributed by atoms with E-state index in [4.69, 9.17) is 4.74 Å². The normalized spacial score (nSPS) is 23.5. The van der Waals surface area contributed by atoms with Crippen LogP contribution in [0, 0.1) is 13.8 Å². The first-order valence-electron chi connectivity index (χ1n) is 7.69.